The van der Waals surface area contributed by atoms with Gasteiger partial charge < -0.3 is 10.4 Å². The smallest absolute Gasteiger partial charge is 0.224 e. The molecule has 1 amide bonds. The van der Waals surface area contributed by atoms with Crippen LogP contribution in [0.15, 0.2) is 18.2 Å². The van der Waals surface area contributed by atoms with Gasteiger partial charge in [0.1, 0.15) is 0 Å². The molecule has 1 fully saturated rings. The van der Waals surface area contributed by atoms with Gasteiger partial charge in [-0.25, -0.2) is 8.78 Å². The molecule has 0 spiro atoms. The Morgan fingerprint density at radius 2 is 2.05 bits per heavy atom. The van der Waals surface area contributed by atoms with E-state index in [0.29, 0.717) is 0 Å². The highest BCUT2D eigenvalue weighted by Gasteiger charge is 2.26. The maximum absolute atomic E-state index is 13.5. The van der Waals surface area contributed by atoms with Crippen molar-refractivity contribution in [2.75, 3.05) is 6.61 Å². The average molecular weight is 283 g/mol. The van der Waals surface area contributed by atoms with Crippen LogP contribution in [0.3, 0.4) is 0 Å². The highest BCUT2D eigenvalue weighted by atomic mass is 19.2. The maximum Gasteiger partial charge on any atom is 0.224 e. The second kappa shape index (κ2) is 6.79. The van der Waals surface area contributed by atoms with Crippen molar-refractivity contribution in [3.8, 4) is 0 Å². The zero-order valence-electron chi connectivity index (χ0n) is 11.2. The Morgan fingerprint density at radius 3 is 2.80 bits per heavy atom. The average Bonchev–Trinajstić information content (AvgIpc) is 2.44. The molecule has 1 aromatic carbocycles. The number of aliphatic hydroxyl groups is 1. The van der Waals surface area contributed by atoms with Crippen LogP contribution < -0.4 is 5.32 Å². The van der Waals surface area contributed by atoms with E-state index in [1.807, 2.05) is 0 Å². The number of hydrogen-bond acceptors (Lipinski definition) is 2. The van der Waals surface area contributed by atoms with Crippen molar-refractivity contribution in [3.63, 3.8) is 0 Å². The van der Waals surface area contributed by atoms with Crippen LogP contribution in [0.1, 0.15) is 31.2 Å². The predicted octanol–water partition coefficient (Wildman–Crippen LogP) is 2.17. The number of carbonyl (C=O) groups is 1. The summed E-state index contributed by atoms with van der Waals surface area (Å²) in [7, 11) is 0. The van der Waals surface area contributed by atoms with Gasteiger partial charge in [-0.05, 0) is 18.9 Å². The summed E-state index contributed by atoms with van der Waals surface area (Å²) in [5.74, 6) is -2.18. The Morgan fingerprint density at radius 1 is 1.30 bits per heavy atom. The number of nitrogens with one attached hydrogen (secondary N) is 1. The molecule has 2 atom stereocenters. The van der Waals surface area contributed by atoms with Crippen molar-refractivity contribution in [1.82, 2.24) is 5.32 Å². The third-order valence-electron chi connectivity index (χ3n) is 3.87. The van der Waals surface area contributed by atoms with Gasteiger partial charge in [-0.15, -0.1) is 0 Å². The highest BCUT2D eigenvalue weighted by molar-refractivity contribution is 5.79. The number of amides is 1. The number of carbonyl (C=O) groups excluding carboxylic acids is 1. The van der Waals surface area contributed by atoms with Gasteiger partial charge in [-0.3, -0.25) is 4.79 Å². The molecule has 110 valence electrons. The molecule has 5 heteroatoms. The van der Waals surface area contributed by atoms with E-state index in [2.05, 4.69) is 5.32 Å². The fourth-order valence-corrected chi connectivity index (χ4v) is 2.73. The minimum Gasteiger partial charge on any atom is -0.396 e. The first-order chi connectivity index (χ1) is 9.61. The largest absolute Gasteiger partial charge is 0.396 e. The van der Waals surface area contributed by atoms with Crippen LogP contribution in [0.4, 0.5) is 8.78 Å². The van der Waals surface area contributed by atoms with Crippen molar-refractivity contribution < 1.29 is 18.7 Å². The lowest BCUT2D eigenvalue weighted by Gasteiger charge is -2.30. The number of rotatable bonds is 4. The summed E-state index contributed by atoms with van der Waals surface area (Å²) in [6, 6.07) is 3.75. The Balaban J connectivity index is 1.96. The van der Waals surface area contributed by atoms with E-state index in [1.165, 1.54) is 12.1 Å². The molecule has 0 aromatic heterocycles. The van der Waals surface area contributed by atoms with E-state index in [0.717, 1.165) is 31.7 Å². The second-order valence-corrected chi connectivity index (χ2v) is 5.29. The van der Waals surface area contributed by atoms with E-state index < -0.39 is 11.6 Å². The molecule has 0 heterocycles. The quantitative estimate of drug-likeness (QED) is 0.889. The first-order valence-corrected chi connectivity index (χ1v) is 6.95. The minimum absolute atomic E-state index is 0.0409. The summed E-state index contributed by atoms with van der Waals surface area (Å²) in [6.07, 6.45) is 3.59. The van der Waals surface area contributed by atoms with E-state index in [-0.39, 0.29) is 36.5 Å². The number of benzene rings is 1. The monoisotopic (exact) mass is 283 g/mol. The van der Waals surface area contributed by atoms with Gasteiger partial charge in [0, 0.05) is 24.1 Å². The summed E-state index contributed by atoms with van der Waals surface area (Å²) in [4.78, 5) is 11.9. The second-order valence-electron chi connectivity index (χ2n) is 5.29. The molecule has 0 aliphatic heterocycles. The first kappa shape index (κ1) is 14.9. The zero-order valence-corrected chi connectivity index (χ0v) is 11.2. The van der Waals surface area contributed by atoms with Gasteiger partial charge in [0.2, 0.25) is 5.91 Å². The zero-order chi connectivity index (χ0) is 14.5. The Hall–Kier alpha value is -1.49. The Bertz CT molecular complexity index is 479. The summed E-state index contributed by atoms with van der Waals surface area (Å²) >= 11 is 0. The molecule has 1 aliphatic carbocycles. The van der Waals surface area contributed by atoms with E-state index in [4.69, 9.17) is 0 Å². The SMILES string of the molecule is O=C(Cc1cccc(F)c1F)NC1CCCCC1CO. The summed E-state index contributed by atoms with van der Waals surface area (Å²) in [6.45, 7) is 0.0409. The molecular formula is C15H19F2NO2. The Labute approximate surface area is 117 Å². The normalized spacial score (nSPS) is 22.6. The molecule has 1 aliphatic rings. The van der Waals surface area contributed by atoms with Gasteiger partial charge in [-0.2, -0.15) is 0 Å². The first-order valence-electron chi connectivity index (χ1n) is 6.95. The van der Waals surface area contributed by atoms with E-state index >= 15 is 0 Å². The third kappa shape index (κ3) is 3.54. The number of hydrogen-bond donors (Lipinski definition) is 2. The molecular weight excluding hydrogens is 264 g/mol. The topological polar surface area (TPSA) is 49.3 Å². The maximum atomic E-state index is 13.5. The lowest BCUT2D eigenvalue weighted by molar-refractivity contribution is -0.121. The van der Waals surface area contributed by atoms with Crippen LogP contribution in [0.2, 0.25) is 0 Å². The van der Waals surface area contributed by atoms with Gasteiger partial charge in [0.15, 0.2) is 11.6 Å². The summed E-state index contributed by atoms with van der Waals surface area (Å²) in [5, 5.41) is 12.1. The van der Waals surface area contributed by atoms with Gasteiger partial charge in [0.25, 0.3) is 0 Å². The van der Waals surface area contributed by atoms with Crippen molar-refractivity contribution in [2.45, 2.75) is 38.1 Å². The molecule has 20 heavy (non-hydrogen) atoms. The highest BCUT2D eigenvalue weighted by Crippen LogP contribution is 2.24. The van der Waals surface area contributed by atoms with Crippen LogP contribution >= 0.6 is 0 Å². The standard InChI is InChI=1S/C15H19F2NO2/c16-12-6-3-5-10(15(12)17)8-14(20)18-13-7-2-1-4-11(13)9-19/h3,5-6,11,13,19H,1-2,4,7-9H2,(H,18,20). The van der Waals surface area contributed by atoms with Crippen molar-refractivity contribution in [3.05, 3.63) is 35.4 Å². The number of halogens is 2. The molecule has 2 rings (SSSR count). The fraction of sp³-hybridized carbons (Fsp3) is 0.533. The van der Waals surface area contributed by atoms with Gasteiger partial charge in [-0.1, -0.05) is 25.0 Å². The summed E-state index contributed by atoms with van der Waals surface area (Å²) in [5.41, 5.74) is 0.0545. The van der Waals surface area contributed by atoms with Crippen LogP contribution in [-0.2, 0) is 11.2 Å². The third-order valence-corrected chi connectivity index (χ3v) is 3.87. The minimum atomic E-state index is -0.968. The molecule has 2 unspecified atom stereocenters. The van der Waals surface area contributed by atoms with Crippen LogP contribution in [0.25, 0.3) is 0 Å². The fourth-order valence-electron chi connectivity index (χ4n) is 2.73. The lowest BCUT2D eigenvalue weighted by atomic mass is 9.85. The molecule has 3 nitrogen and oxygen atoms in total. The van der Waals surface area contributed by atoms with Crippen molar-refractivity contribution >= 4 is 5.91 Å². The van der Waals surface area contributed by atoms with E-state index in [9.17, 15) is 18.7 Å². The van der Waals surface area contributed by atoms with Crippen LogP contribution in [0.5, 0.6) is 0 Å². The summed E-state index contributed by atoms with van der Waals surface area (Å²) < 4.78 is 26.6. The molecule has 1 aromatic rings. The molecule has 0 radical (unpaired) electrons. The van der Waals surface area contributed by atoms with Gasteiger partial charge in [0.05, 0.1) is 6.42 Å². The number of aliphatic hydroxyl groups excluding tert-OH is 1. The molecule has 2 N–H and O–H groups in total. The predicted molar refractivity (Wildman–Crippen MR) is 71.0 cm³/mol. The molecule has 1 saturated carbocycles. The van der Waals surface area contributed by atoms with Gasteiger partial charge >= 0.3 is 0 Å². The van der Waals surface area contributed by atoms with E-state index in [1.54, 1.807) is 0 Å². The molecule has 0 saturated heterocycles. The van der Waals surface area contributed by atoms with Crippen molar-refractivity contribution in [2.24, 2.45) is 5.92 Å². The molecule has 0 bridgehead atoms. The lowest BCUT2D eigenvalue weighted by Crippen LogP contribution is -2.44. The van der Waals surface area contributed by atoms with Crippen molar-refractivity contribution in [1.29, 1.82) is 0 Å². The van der Waals surface area contributed by atoms with Crippen LogP contribution in [-0.4, -0.2) is 23.7 Å². The van der Waals surface area contributed by atoms with Crippen LogP contribution in [0, 0.1) is 17.6 Å². The Kier molecular flexibility index (Phi) is 5.06.